The quantitative estimate of drug-likeness (QED) is 0.503. The first kappa shape index (κ1) is 8.48. The highest BCUT2D eigenvalue weighted by Gasteiger charge is 2.49. The lowest BCUT2D eigenvalue weighted by Crippen LogP contribution is -2.37. The summed E-state index contributed by atoms with van der Waals surface area (Å²) in [5.74, 6) is 7.37. The first-order valence-corrected chi connectivity index (χ1v) is 4.85. The molecule has 1 spiro atoms. The molecule has 0 aliphatic carbocycles. The fourth-order valence-corrected chi connectivity index (χ4v) is 2.90. The molecule has 0 aromatic rings. The average Bonchev–Trinajstić information content (AvgIpc) is 2.44. The van der Waals surface area contributed by atoms with Crippen LogP contribution in [-0.2, 0) is 0 Å². The predicted octanol–water partition coefficient (Wildman–Crippen LogP) is 0.0375. The summed E-state index contributed by atoms with van der Waals surface area (Å²) in [6, 6.07) is 0. The molecule has 0 amide bonds. The van der Waals surface area contributed by atoms with E-state index in [1.165, 1.54) is 0 Å². The molecule has 0 saturated carbocycles. The highest BCUT2D eigenvalue weighted by Crippen LogP contribution is 2.43. The van der Waals surface area contributed by atoms with Crippen molar-refractivity contribution in [2.75, 3.05) is 26.2 Å². The SMILES string of the molecule is CC1CNCC12CN(N)CC2C. The van der Waals surface area contributed by atoms with E-state index in [2.05, 4.69) is 19.2 Å². The number of hydrogen-bond donors (Lipinski definition) is 2. The van der Waals surface area contributed by atoms with Crippen LogP contribution in [0.15, 0.2) is 0 Å². The molecule has 3 nitrogen and oxygen atoms in total. The minimum absolute atomic E-state index is 0.467. The predicted molar refractivity (Wildman–Crippen MR) is 49.4 cm³/mol. The van der Waals surface area contributed by atoms with Gasteiger partial charge in [-0.3, -0.25) is 5.84 Å². The van der Waals surface area contributed by atoms with Crippen LogP contribution in [0.2, 0.25) is 0 Å². The average molecular weight is 169 g/mol. The summed E-state index contributed by atoms with van der Waals surface area (Å²) in [6.07, 6.45) is 0. The summed E-state index contributed by atoms with van der Waals surface area (Å²) in [6.45, 7) is 9.13. The highest BCUT2D eigenvalue weighted by atomic mass is 15.4. The number of nitrogens with zero attached hydrogens (tertiary/aromatic N) is 1. The van der Waals surface area contributed by atoms with E-state index in [1.54, 1.807) is 0 Å². The van der Waals surface area contributed by atoms with E-state index >= 15 is 0 Å². The number of hydrogen-bond acceptors (Lipinski definition) is 3. The molecule has 0 aromatic heterocycles. The van der Waals surface area contributed by atoms with Crippen molar-refractivity contribution in [2.24, 2.45) is 23.1 Å². The topological polar surface area (TPSA) is 41.3 Å². The molecular formula is C9H19N3. The Kier molecular flexibility index (Phi) is 1.90. The number of nitrogens with two attached hydrogens (primary N) is 1. The first-order chi connectivity index (χ1) is 5.65. The van der Waals surface area contributed by atoms with Gasteiger partial charge in [-0.15, -0.1) is 0 Å². The van der Waals surface area contributed by atoms with Gasteiger partial charge in [0.25, 0.3) is 0 Å². The van der Waals surface area contributed by atoms with E-state index in [4.69, 9.17) is 5.84 Å². The zero-order chi connectivity index (χ0) is 8.77. The number of nitrogens with one attached hydrogen (secondary N) is 1. The monoisotopic (exact) mass is 169 g/mol. The lowest BCUT2D eigenvalue weighted by molar-refractivity contribution is 0.189. The van der Waals surface area contributed by atoms with Gasteiger partial charge in [-0.25, -0.2) is 5.01 Å². The van der Waals surface area contributed by atoms with Crippen molar-refractivity contribution in [3.05, 3.63) is 0 Å². The second-order valence-electron chi connectivity index (χ2n) is 4.60. The van der Waals surface area contributed by atoms with Gasteiger partial charge in [-0.2, -0.15) is 0 Å². The molecular weight excluding hydrogens is 150 g/mol. The summed E-state index contributed by atoms with van der Waals surface area (Å²) in [7, 11) is 0. The van der Waals surface area contributed by atoms with Crippen molar-refractivity contribution in [2.45, 2.75) is 13.8 Å². The third-order valence-corrected chi connectivity index (χ3v) is 3.87. The molecule has 12 heavy (non-hydrogen) atoms. The molecule has 3 N–H and O–H groups in total. The molecule has 2 fully saturated rings. The largest absolute Gasteiger partial charge is 0.316 e. The zero-order valence-electron chi connectivity index (χ0n) is 8.01. The van der Waals surface area contributed by atoms with Crippen molar-refractivity contribution >= 4 is 0 Å². The van der Waals surface area contributed by atoms with E-state index in [1.807, 2.05) is 5.01 Å². The van der Waals surface area contributed by atoms with Crippen LogP contribution in [0.1, 0.15) is 13.8 Å². The van der Waals surface area contributed by atoms with E-state index < -0.39 is 0 Å². The van der Waals surface area contributed by atoms with Crippen LogP contribution >= 0.6 is 0 Å². The summed E-state index contributed by atoms with van der Waals surface area (Å²) < 4.78 is 0. The van der Waals surface area contributed by atoms with Gasteiger partial charge in [0.2, 0.25) is 0 Å². The van der Waals surface area contributed by atoms with Crippen molar-refractivity contribution in [3.63, 3.8) is 0 Å². The Hall–Kier alpha value is -0.120. The molecule has 3 heteroatoms. The minimum atomic E-state index is 0.467. The van der Waals surface area contributed by atoms with E-state index in [0.29, 0.717) is 5.41 Å². The lowest BCUT2D eigenvalue weighted by Gasteiger charge is -2.31. The van der Waals surface area contributed by atoms with Crippen LogP contribution in [0, 0.1) is 17.3 Å². The highest BCUT2D eigenvalue weighted by molar-refractivity contribution is 5.02. The molecule has 2 aliphatic rings. The molecule has 70 valence electrons. The Morgan fingerprint density at radius 3 is 2.58 bits per heavy atom. The molecule has 3 unspecified atom stereocenters. The molecule has 2 saturated heterocycles. The molecule has 0 radical (unpaired) electrons. The summed E-state index contributed by atoms with van der Waals surface area (Å²) >= 11 is 0. The van der Waals surface area contributed by atoms with Crippen LogP contribution in [-0.4, -0.2) is 31.2 Å². The van der Waals surface area contributed by atoms with Crippen LogP contribution in [0.25, 0.3) is 0 Å². The van der Waals surface area contributed by atoms with E-state index in [-0.39, 0.29) is 0 Å². The van der Waals surface area contributed by atoms with Crippen LogP contribution < -0.4 is 11.2 Å². The van der Waals surface area contributed by atoms with Gasteiger partial charge in [0.15, 0.2) is 0 Å². The maximum absolute atomic E-state index is 5.85. The number of hydrazine groups is 1. The Morgan fingerprint density at radius 1 is 1.42 bits per heavy atom. The summed E-state index contributed by atoms with van der Waals surface area (Å²) in [5, 5.41) is 5.45. The van der Waals surface area contributed by atoms with Crippen LogP contribution in [0.4, 0.5) is 0 Å². The fraction of sp³-hybridized carbons (Fsp3) is 1.00. The molecule has 3 atom stereocenters. The number of rotatable bonds is 0. The van der Waals surface area contributed by atoms with Gasteiger partial charge in [-0.1, -0.05) is 13.8 Å². The minimum Gasteiger partial charge on any atom is -0.316 e. The normalized spacial score (nSPS) is 49.2. The standard InChI is InChI=1S/C9H19N3/c1-7-3-11-5-9(7)6-12(10)4-8(9)2/h7-8,11H,3-6,10H2,1-2H3. The van der Waals surface area contributed by atoms with Crippen LogP contribution in [0.3, 0.4) is 0 Å². The molecule has 2 rings (SSSR count). The molecule has 2 heterocycles. The Morgan fingerprint density at radius 2 is 2.17 bits per heavy atom. The second-order valence-corrected chi connectivity index (χ2v) is 4.60. The van der Waals surface area contributed by atoms with Gasteiger partial charge in [0, 0.05) is 25.0 Å². The van der Waals surface area contributed by atoms with E-state index in [9.17, 15) is 0 Å². The second kappa shape index (κ2) is 2.69. The molecule has 0 aromatic carbocycles. The molecule has 0 bridgehead atoms. The van der Waals surface area contributed by atoms with Crippen LogP contribution in [0.5, 0.6) is 0 Å². The van der Waals surface area contributed by atoms with Gasteiger partial charge in [0.05, 0.1) is 0 Å². The van der Waals surface area contributed by atoms with E-state index in [0.717, 1.165) is 38.0 Å². The lowest BCUT2D eigenvalue weighted by atomic mass is 9.72. The Balaban J connectivity index is 2.19. The molecule has 2 aliphatic heterocycles. The maximum atomic E-state index is 5.85. The zero-order valence-corrected chi connectivity index (χ0v) is 8.01. The van der Waals surface area contributed by atoms with Crippen molar-refractivity contribution < 1.29 is 0 Å². The van der Waals surface area contributed by atoms with Crippen molar-refractivity contribution in [1.29, 1.82) is 0 Å². The van der Waals surface area contributed by atoms with Crippen molar-refractivity contribution in [3.8, 4) is 0 Å². The third-order valence-electron chi connectivity index (χ3n) is 3.87. The van der Waals surface area contributed by atoms with Gasteiger partial charge in [0.1, 0.15) is 0 Å². The van der Waals surface area contributed by atoms with Gasteiger partial charge < -0.3 is 5.32 Å². The first-order valence-electron chi connectivity index (χ1n) is 4.85. The summed E-state index contributed by atoms with van der Waals surface area (Å²) in [4.78, 5) is 0. The third kappa shape index (κ3) is 1.00. The fourth-order valence-electron chi connectivity index (χ4n) is 2.90. The van der Waals surface area contributed by atoms with Gasteiger partial charge in [-0.05, 0) is 18.4 Å². The smallest absolute Gasteiger partial charge is 0.0203 e. The Bertz CT molecular complexity index is 183. The maximum Gasteiger partial charge on any atom is 0.0203 e. The van der Waals surface area contributed by atoms with Gasteiger partial charge >= 0.3 is 0 Å². The summed E-state index contributed by atoms with van der Waals surface area (Å²) in [5.41, 5.74) is 0.467. The Labute approximate surface area is 74.3 Å². The van der Waals surface area contributed by atoms with Crippen molar-refractivity contribution in [1.82, 2.24) is 10.3 Å².